The lowest BCUT2D eigenvalue weighted by Gasteiger charge is -2.56. The maximum atomic E-state index is 14.8. The van der Waals surface area contributed by atoms with Gasteiger partial charge in [0.05, 0.1) is 0 Å². The van der Waals surface area contributed by atoms with E-state index in [4.69, 9.17) is 14.2 Å². The van der Waals surface area contributed by atoms with Crippen LogP contribution in [0.25, 0.3) is 0 Å². The van der Waals surface area contributed by atoms with Crippen molar-refractivity contribution in [3.63, 3.8) is 0 Å². The van der Waals surface area contributed by atoms with Crippen molar-refractivity contribution in [3.05, 3.63) is 107 Å². The molecule has 0 saturated carbocycles. The number of amides is 7. The molecule has 2 fully saturated rings. The summed E-state index contributed by atoms with van der Waals surface area (Å²) in [5.41, 5.74) is -0.839. The summed E-state index contributed by atoms with van der Waals surface area (Å²) in [6, 6.07) is 18.4. The second kappa shape index (κ2) is 20.3. The molecule has 67 heavy (non-hydrogen) atoms. The van der Waals surface area contributed by atoms with Crippen LogP contribution in [0, 0.1) is 0 Å². The highest BCUT2D eigenvalue weighted by atomic mass is 32.2. The number of hydrogen-bond acceptors (Lipinski definition) is 17. The Morgan fingerprint density at radius 1 is 0.896 bits per heavy atom. The predicted octanol–water partition coefficient (Wildman–Crippen LogP) is 1.35. The SMILES string of the molecule is CCN1CCN(C(=O)NC(C(=O)N[C@]2(NC=O)C(=O)N3C(C(=O)OC(c4ccccc4)c4ccccc4)=C(CSc4nnnn4C)CS[C@H]32)c2ccc(OC(C)=O)c(OC(C)=O)c2)C(=O)C1=O. The number of nitrogens with zero attached hydrogens (tertiary/aromatic N) is 7. The Hall–Kier alpha value is -7.60. The van der Waals surface area contributed by atoms with E-state index in [1.165, 1.54) is 33.5 Å². The summed E-state index contributed by atoms with van der Waals surface area (Å²) in [5.74, 6) is -7.15. The molecule has 22 nitrogen and oxygen atoms in total. The zero-order valence-electron chi connectivity index (χ0n) is 36.2. The molecule has 3 atom stereocenters. The molecule has 7 rings (SSSR count). The maximum Gasteiger partial charge on any atom is 0.356 e. The van der Waals surface area contributed by atoms with Crippen molar-refractivity contribution < 1.29 is 57.4 Å². The van der Waals surface area contributed by atoms with Gasteiger partial charge in [0, 0.05) is 52.0 Å². The van der Waals surface area contributed by atoms with E-state index in [2.05, 4.69) is 31.5 Å². The molecule has 0 aliphatic carbocycles. The highest BCUT2D eigenvalue weighted by molar-refractivity contribution is 8.01. The van der Waals surface area contributed by atoms with Gasteiger partial charge < -0.3 is 35.1 Å². The van der Waals surface area contributed by atoms with E-state index in [1.54, 1.807) is 62.5 Å². The smallest absolute Gasteiger partial charge is 0.356 e. The maximum absolute atomic E-state index is 14.8. The van der Waals surface area contributed by atoms with E-state index in [1.807, 2.05) is 12.1 Å². The Balaban J connectivity index is 1.25. The van der Waals surface area contributed by atoms with Crippen molar-refractivity contribution in [1.29, 1.82) is 0 Å². The van der Waals surface area contributed by atoms with Crippen molar-refractivity contribution in [3.8, 4) is 11.5 Å². The number of aryl methyl sites for hydroxylation is 1. The Bertz CT molecular complexity index is 2630. The fraction of sp³-hybridized carbons (Fsp3) is 0.302. The highest BCUT2D eigenvalue weighted by Crippen LogP contribution is 2.47. The molecular weight excluding hydrogens is 913 g/mol. The summed E-state index contributed by atoms with van der Waals surface area (Å²) in [4.78, 5) is 123. The molecule has 24 heteroatoms. The number of imide groups is 1. The van der Waals surface area contributed by atoms with E-state index in [0.717, 1.165) is 36.6 Å². The number of urea groups is 1. The fourth-order valence-electron chi connectivity index (χ4n) is 7.45. The van der Waals surface area contributed by atoms with E-state index < -0.39 is 70.8 Å². The zero-order chi connectivity index (χ0) is 48.0. The molecular formula is C43H42N10O12S2. The van der Waals surface area contributed by atoms with Crippen LogP contribution in [0.2, 0.25) is 0 Å². The minimum Gasteiger partial charge on any atom is -0.448 e. The average Bonchev–Trinajstić information content (AvgIpc) is 3.73. The Morgan fingerprint density at radius 2 is 1.55 bits per heavy atom. The summed E-state index contributed by atoms with van der Waals surface area (Å²) in [7, 11) is 1.63. The van der Waals surface area contributed by atoms with Gasteiger partial charge in [-0.15, -0.1) is 16.9 Å². The number of carbonyl (C=O) groups excluding carboxylic acids is 9. The number of hydrogen-bond donors (Lipinski definition) is 3. The number of benzene rings is 3. The topological polar surface area (TPSA) is 271 Å². The van der Waals surface area contributed by atoms with Gasteiger partial charge in [-0.25, -0.2) is 14.3 Å². The van der Waals surface area contributed by atoms with Crippen molar-refractivity contribution in [2.24, 2.45) is 7.05 Å². The van der Waals surface area contributed by atoms with Crippen LogP contribution < -0.4 is 25.4 Å². The molecule has 1 unspecified atom stereocenters. The molecule has 4 aromatic rings. The first-order chi connectivity index (χ1) is 32.2. The van der Waals surface area contributed by atoms with Gasteiger partial charge in [0.2, 0.25) is 23.1 Å². The number of β-lactam (4-membered cyclic amide) rings is 1. The lowest BCUT2D eigenvalue weighted by Crippen LogP contribution is -2.85. The second-order valence-corrected chi connectivity index (χ2v) is 17.0. The minimum absolute atomic E-state index is 0.000344. The molecule has 0 radical (unpaired) electrons. The summed E-state index contributed by atoms with van der Waals surface area (Å²) in [6.45, 7) is 3.79. The average molecular weight is 955 g/mol. The van der Waals surface area contributed by atoms with Crippen molar-refractivity contribution >= 4 is 77.5 Å². The number of fused-ring (bicyclic) bond motifs is 1. The molecule has 4 heterocycles. The monoisotopic (exact) mass is 954 g/mol. The van der Waals surface area contributed by atoms with Crippen LogP contribution in [0.4, 0.5) is 4.79 Å². The molecule has 3 aliphatic rings. The summed E-state index contributed by atoms with van der Waals surface area (Å²) < 4.78 is 18.1. The van der Waals surface area contributed by atoms with Gasteiger partial charge >= 0.3 is 35.8 Å². The Morgan fingerprint density at radius 3 is 2.15 bits per heavy atom. The zero-order valence-corrected chi connectivity index (χ0v) is 37.8. The van der Waals surface area contributed by atoms with Gasteiger partial charge in [0.25, 0.3) is 5.91 Å². The van der Waals surface area contributed by atoms with Crippen molar-refractivity contribution in [1.82, 2.24) is 50.9 Å². The number of piperazine rings is 1. The molecule has 7 amide bonds. The molecule has 3 aromatic carbocycles. The summed E-state index contributed by atoms with van der Waals surface area (Å²) >= 11 is 2.28. The van der Waals surface area contributed by atoms with Crippen LogP contribution in [0.5, 0.6) is 11.5 Å². The van der Waals surface area contributed by atoms with Crippen LogP contribution in [-0.2, 0) is 50.1 Å². The number of esters is 3. The molecule has 0 spiro atoms. The van der Waals surface area contributed by atoms with E-state index in [9.17, 15) is 43.2 Å². The summed E-state index contributed by atoms with van der Waals surface area (Å²) in [5, 5.41) is 18.2. The quantitative estimate of drug-likeness (QED) is 0.0272. The molecule has 3 aliphatic heterocycles. The van der Waals surface area contributed by atoms with Gasteiger partial charge in [0.15, 0.2) is 17.6 Å². The molecule has 348 valence electrons. The number of ether oxygens (including phenoxy) is 3. The molecule has 2 saturated heterocycles. The third-order valence-electron chi connectivity index (χ3n) is 10.6. The van der Waals surface area contributed by atoms with Gasteiger partial charge in [0.1, 0.15) is 17.1 Å². The van der Waals surface area contributed by atoms with Crippen LogP contribution in [0.3, 0.4) is 0 Å². The number of likely N-dealkylation sites (N-methyl/N-ethyl adjacent to an activating group) is 1. The highest BCUT2D eigenvalue weighted by Gasteiger charge is 2.66. The molecule has 1 aromatic heterocycles. The molecule has 3 N–H and O–H groups in total. The Labute approximate surface area is 390 Å². The Kier molecular flexibility index (Phi) is 14.3. The summed E-state index contributed by atoms with van der Waals surface area (Å²) in [6.07, 6.45) is -0.745. The van der Waals surface area contributed by atoms with E-state index >= 15 is 0 Å². The number of tetrazole rings is 1. The molecule has 0 bridgehead atoms. The minimum atomic E-state index is -2.27. The largest absolute Gasteiger partial charge is 0.448 e. The fourth-order valence-corrected chi connectivity index (χ4v) is 9.87. The number of carbonyl (C=O) groups is 9. The van der Waals surface area contributed by atoms with Crippen LogP contribution >= 0.6 is 23.5 Å². The number of rotatable bonds is 16. The van der Waals surface area contributed by atoms with Crippen LogP contribution in [0.15, 0.2) is 95.3 Å². The first-order valence-electron chi connectivity index (χ1n) is 20.5. The van der Waals surface area contributed by atoms with Gasteiger partial charge in [-0.2, -0.15) is 0 Å². The second-order valence-electron chi connectivity index (χ2n) is 14.9. The number of thioether (sulfide) groups is 2. The lowest BCUT2D eigenvalue weighted by molar-refractivity contribution is -0.164. The van der Waals surface area contributed by atoms with E-state index in [-0.39, 0.29) is 60.3 Å². The number of aromatic nitrogens is 4. The van der Waals surface area contributed by atoms with Gasteiger partial charge in [-0.1, -0.05) is 78.5 Å². The third kappa shape index (κ3) is 9.84. The van der Waals surface area contributed by atoms with Crippen molar-refractivity contribution in [2.45, 2.75) is 49.1 Å². The first kappa shape index (κ1) is 47.4. The van der Waals surface area contributed by atoms with E-state index in [0.29, 0.717) is 26.8 Å². The predicted molar refractivity (Wildman–Crippen MR) is 235 cm³/mol. The van der Waals surface area contributed by atoms with Crippen LogP contribution in [-0.4, -0.2) is 131 Å². The standard InChI is InChI=1S/C43H42N10O12S2/c1-5-51-18-19-52(37(59)36(51)58)41(62)45-32(28-16-17-30(63-24(2)55)31(20-28)64-25(3)56)35(57)46-43(44-23-54)39(61)53-33(29(21-66-40(43)53)22-67-42-47-48-49-50(42)4)38(60)65-34(26-12-8-6-9-13-26)27-14-10-7-11-15-27/h6-17,20,23,32,34,40H,5,18-19,21-22H2,1-4H3,(H,44,54)(H,45,62)(H,46,57)/t32?,40-,43+/m0/s1. The normalized spacial score (nSPS) is 18.4. The van der Waals surface area contributed by atoms with Crippen LogP contribution in [0.1, 0.15) is 49.6 Å². The van der Waals surface area contributed by atoms with Gasteiger partial charge in [-0.3, -0.25) is 43.4 Å². The lowest BCUT2D eigenvalue weighted by atomic mass is 9.94. The number of nitrogens with one attached hydrogen (secondary N) is 3. The first-order valence-corrected chi connectivity index (χ1v) is 22.5. The van der Waals surface area contributed by atoms with Gasteiger partial charge in [-0.05, 0) is 51.7 Å². The van der Waals surface area contributed by atoms with Crippen molar-refractivity contribution in [2.75, 3.05) is 31.1 Å². The third-order valence-corrected chi connectivity index (χ3v) is 13.1.